The maximum Gasteiger partial charge on any atom is 0.269 e. The molecule has 21 heavy (non-hydrogen) atoms. The van der Waals surface area contributed by atoms with Crippen molar-refractivity contribution in [3.63, 3.8) is 0 Å². The second-order valence-corrected chi connectivity index (χ2v) is 6.28. The van der Waals surface area contributed by atoms with E-state index in [1.807, 2.05) is 12.1 Å². The van der Waals surface area contributed by atoms with Crippen LogP contribution in [0.25, 0.3) is 0 Å². The lowest BCUT2D eigenvalue weighted by Gasteiger charge is -2.46. The summed E-state index contributed by atoms with van der Waals surface area (Å²) in [5.74, 6) is -0.122. The first kappa shape index (κ1) is 14.3. The Morgan fingerprint density at radius 1 is 1.43 bits per heavy atom. The molecule has 1 atom stereocenters. The van der Waals surface area contributed by atoms with E-state index in [0.717, 1.165) is 31.9 Å². The Balaban J connectivity index is 1.78. The van der Waals surface area contributed by atoms with Crippen molar-refractivity contribution >= 4 is 11.6 Å². The predicted molar refractivity (Wildman–Crippen MR) is 83.6 cm³/mol. The fourth-order valence-corrected chi connectivity index (χ4v) is 3.68. The molecule has 114 valence electrons. The van der Waals surface area contributed by atoms with Gasteiger partial charge in [0, 0.05) is 44.0 Å². The summed E-state index contributed by atoms with van der Waals surface area (Å²) in [7, 11) is 1.64. The Labute approximate surface area is 126 Å². The highest BCUT2D eigenvalue weighted by Crippen LogP contribution is 2.37. The molecule has 0 saturated carbocycles. The Bertz CT molecular complexity index is 505. The number of carbonyl (C=O) groups is 1. The molecule has 5 nitrogen and oxygen atoms in total. The molecule has 0 aliphatic carbocycles. The quantitative estimate of drug-likeness (QED) is 0.864. The molecule has 1 aromatic heterocycles. The topological polar surface area (TPSA) is 57.3 Å². The number of amides is 1. The molecule has 2 aliphatic heterocycles. The van der Waals surface area contributed by atoms with E-state index in [1.54, 1.807) is 13.2 Å². The maximum absolute atomic E-state index is 11.7. The minimum Gasteiger partial charge on any atom is -0.371 e. The predicted octanol–water partition coefficient (Wildman–Crippen LogP) is 1.41. The molecular formula is C16H24N4O. The van der Waals surface area contributed by atoms with Gasteiger partial charge in [0.1, 0.15) is 5.69 Å². The molecule has 2 aliphatic rings. The molecule has 1 spiro atoms. The highest BCUT2D eigenvalue weighted by atomic mass is 16.1. The summed E-state index contributed by atoms with van der Waals surface area (Å²) >= 11 is 0. The van der Waals surface area contributed by atoms with Crippen LogP contribution in [-0.4, -0.2) is 44.1 Å². The van der Waals surface area contributed by atoms with Gasteiger partial charge in [0.05, 0.1) is 0 Å². The summed E-state index contributed by atoms with van der Waals surface area (Å²) in [4.78, 5) is 18.3. The first-order chi connectivity index (χ1) is 10.2. The van der Waals surface area contributed by atoms with Crippen molar-refractivity contribution in [3.05, 3.63) is 24.0 Å². The van der Waals surface area contributed by atoms with Crippen molar-refractivity contribution in [1.29, 1.82) is 0 Å². The summed E-state index contributed by atoms with van der Waals surface area (Å²) in [6.07, 6.45) is 6.85. The Morgan fingerprint density at radius 3 is 3.05 bits per heavy atom. The number of piperidine rings is 2. The van der Waals surface area contributed by atoms with Crippen LogP contribution in [0.5, 0.6) is 0 Å². The van der Waals surface area contributed by atoms with Crippen LogP contribution in [-0.2, 0) is 0 Å². The zero-order chi connectivity index (χ0) is 14.7. The number of pyridine rings is 1. The number of aromatic nitrogens is 1. The van der Waals surface area contributed by atoms with E-state index in [1.165, 1.54) is 25.7 Å². The van der Waals surface area contributed by atoms with Gasteiger partial charge >= 0.3 is 0 Å². The average Bonchev–Trinajstić information content (AvgIpc) is 2.55. The fourth-order valence-electron chi connectivity index (χ4n) is 3.68. The Kier molecular flexibility index (Phi) is 4.10. The SMILES string of the molecule is CNC(=O)c1cc(N2CCCC3(CCCNC3)C2)ccn1. The molecule has 3 heterocycles. The molecule has 3 rings (SSSR count). The van der Waals surface area contributed by atoms with Crippen molar-refractivity contribution in [2.24, 2.45) is 5.41 Å². The van der Waals surface area contributed by atoms with E-state index < -0.39 is 0 Å². The normalized spacial score (nSPS) is 25.9. The minimum absolute atomic E-state index is 0.122. The van der Waals surface area contributed by atoms with Gasteiger partial charge in [-0.2, -0.15) is 0 Å². The molecule has 0 bridgehead atoms. The first-order valence-electron chi connectivity index (χ1n) is 7.86. The number of hydrogen-bond acceptors (Lipinski definition) is 4. The highest BCUT2D eigenvalue weighted by Gasteiger charge is 2.36. The second kappa shape index (κ2) is 6.02. The van der Waals surface area contributed by atoms with Crippen LogP contribution >= 0.6 is 0 Å². The molecule has 0 aromatic carbocycles. The van der Waals surface area contributed by atoms with Gasteiger partial charge in [0.25, 0.3) is 5.91 Å². The third-order valence-corrected chi connectivity index (χ3v) is 4.79. The summed E-state index contributed by atoms with van der Waals surface area (Å²) in [5.41, 5.74) is 2.03. The van der Waals surface area contributed by atoms with Crippen molar-refractivity contribution in [2.45, 2.75) is 25.7 Å². The lowest BCUT2D eigenvalue weighted by atomic mass is 9.74. The van der Waals surface area contributed by atoms with Gasteiger partial charge in [0.2, 0.25) is 0 Å². The van der Waals surface area contributed by atoms with Crippen LogP contribution in [0.1, 0.15) is 36.2 Å². The van der Waals surface area contributed by atoms with Crippen LogP contribution in [0.3, 0.4) is 0 Å². The molecule has 1 amide bonds. The molecule has 2 saturated heterocycles. The standard InChI is InChI=1S/C16H24N4O/c1-17-15(21)14-10-13(4-8-19-14)20-9-3-6-16(12-20)5-2-7-18-11-16/h4,8,10,18H,2-3,5-7,9,11-12H2,1H3,(H,17,21). The number of nitrogens with zero attached hydrogens (tertiary/aromatic N) is 2. The van der Waals surface area contributed by atoms with Gasteiger partial charge in [-0.15, -0.1) is 0 Å². The monoisotopic (exact) mass is 288 g/mol. The van der Waals surface area contributed by atoms with Gasteiger partial charge in [-0.05, 0) is 44.4 Å². The van der Waals surface area contributed by atoms with E-state index in [2.05, 4.69) is 20.5 Å². The zero-order valence-electron chi connectivity index (χ0n) is 12.7. The smallest absolute Gasteiger partial charge is 0.269 e. The molecular weight excluding hydrogens is 264 g/mol. The van der Waals surface area contributed by atoms with Gasteiger partial charge in [-0.25, -0.2) is 0 Å². The number of anilines is 1. The summed E-state index contributed by atoms with van der Waals surface area (Å²) in [6, 6.07) is 3.93. The number of nitrogens with one attached hydrogen (secondary N) is 2. The van der Waals surface area contributed by atoms with Gasteiger partial charge in [0.15, 0.2) is 0 Å². The van der Waals surface area contributed by atoms with Crippen molar-refractivity contribution in [3.8, 4) is 0 Å². The molecule has 2 fully saturated rings. The lowest BCUT2D eigenvalue weighted by Crippen LogP contribution is -2.51. The van der Waals surface area contributed by atoms with Crippen LogP contribution in [0, 0.1) is 5.41 Å². The van der Waals surface area contributed by atoms with Crippen molar-refractivity contribution in [1.82, 2.24) is 15.6 Å². The fraction of sp³-hybridized carbons (Fsp3) is 0.625. The number of hydrogen-bond donors (Lipinski definition) is 2. The zero-order valence-corrected chi connectivity index (χ0v) is 12.7. The van der Waals surface area contributed by atoms with Crippen LogP contribution in [0.15, 0.2) is 18.3 Å². The number of carbonyl (C=O) groups excluding carboxylic acids is 1. The van der Waals surface area contributed by atoms with E-state index in [-0.39, 0.29) is 5.91 Å². The summed E-state index contributed by atoms with van der Waals surface area (Å²) in [6.45, 7) is 4.42. The maximum atomic E-state index is 11.7. The number of rotatable bonds is 2. The van der Waals surface area contributed by atoms with E-state index in [4.69, 9.17) is 0 Å². The summed E-state index contributed by atoms with van der Waals surface area (Å²) < 4.78 is 0. The van der Waals surface area contributed by atoms with Crippen molar-refractivity contribution in [2.75, 3.05) is 38.1 Å². The van der Waals surface area contributed by atoms with Crippen molar-refractivity contribution < 1.29 is 4.79 Å². The highest BCUT2D eigenvalue weighted by molar-refractivity contribution is 5.92. The average molecular weight is 288 g/mol. The molecule has 2 N–H and O–H groups in total. The third-order valence-electron chi connectivity index (χ3n) is 4.79. The molecule has 1 unspecified atom stereocenters. The molecule has 0 radical (unpaired) electrons. The van der Waals surface area contributed by atoms with Gasteiger partial charge in [-0.3, -0.25) is 9.78 Å². The lowest BCUT2D eigenvalue weighted by molar-refractivity contribution is 0.0958. The van der Waals surface area contributed by atoms with E-state index in [9.17, 15) is 4.79 Å². The third kappa shape index (κ3) is 3.02. The first-order valence-corrected chi connectivity index (χ1v) is 7.86. The van der Waals surface area contributed by atoms with Crippen LogP contribution < -0.4 is 15.5 Å². The minimum atomic E-state index is -0.122. The van der Waals surface area contributed by atoms with Crippen LogP contribution in [0.4, 0.5) is 5.69 Å². The van der Waals surface area contributed by atoms with Crippen LogP contribution in [0.2, 0.25) is 0 Å². The van der Waals surface area contributed by atoms with E-state index in [0.29, 0.717) is 11.1 Å². The molecule has 1 aromatic rings. The summed E-state index contributed by atoms with van der Waals surface area (Å²) in [5, 5.41) is 6.19. The van der Waals surface area contributed by atoms with E-state index >= 15 is 0 Å². The van der Waals surface area contributed by atoms with Gasteiger partial charge in [-0.1, -0.05) is 0 Å². The molecule has 5 heteroatoms. The Hall–Kier alpha value is -1.62. The Morgan fingerprint density at radius 2 is 2.29 bits per heavy atom. The second-order valence-electron chi connectivity index (χ2n) is 6.28. The largest absolute Gasteiger partial charge is 0.371 e. The van der Waals surface area contributed by atoms with Gasteiger partial charge < -0.3 is 15.5 Å².